The molecule has 3 rings (SSSR count). The molecule has 108 valence electrons. The lowest BCUT2D eigenvalue weighted by atomic mass is 10.2. The van der Waals surface area contributed by atoms with Crippen molar-refractivity contribution in [1.29, 1.82) is 0 Å². The largest absolute Gasteiger partial charge is 0.484 e. The molecular formula is C17H18N2O2. The molecule has 0 aliphatic carbocycles. The topological polar surface area (TPSA) is 61.3 Å². The summed E-state index contributed by atoms with van der Waals surface area (Å²) in [6.45, 7) is 2.94. The van der Waals surface area contributed by atoms with E-state index in [1.165, 1.54) is 5.56 Å². The molecule has 1 heterocycles. The van der Waals surface area contributed by atoms with Gasteiger partial charge in [0.1, 0.15) is 11.3 Å². The first-order valence-corrected chi connectivity index (χ1v) is 7.08. The van der Waals surface area contributed by atoms with Gasteiger partial charge in [-0.3, -0.25) is 0 Å². The predicted molar refractivity (Wildman–Crippen MR) is 82.1 cm³/mol. The number of aromatic nitrogens is 1. The van der Waals surface area contributed by atoms with Gasteiger partial charge in [-0.25, -0.2) is 4.98 Å². The standard InChI is InChI=1S/C17H18N2O2/c1-2-12-3-6-14(7-4-12)20-11-17-19-15-9-13(10-18)5-8-16(15)21-17/h3-9H,2,10-11,18H2,1H3. The third kappa shape index (κ3) is 3.06. The van der Waals surface area contributed by atoms with E-state index < -0.39 is 0 Å². The van der Waals surface area contributed by atoms with E-state index in [-0.39, 0.29) is 0 Å². The van der Waals surface area contributed by atoms with Gasteiger partial charge in [0.05, 0.1) is 0 Å². The molecule has 0 bridgehead atoms. The molecule has 4 heteroatoms. The van der Waals surface area contributed by atoms with E-state index in [4.69, 9.17) is 14.9 Å². The van der Waals surface area contributed by atoms with Crippen LogP contribution in [0.3, 0.4) is 0 Å². The van der Waals surface area contributed by atoms with Crippen molar-refractivity contribution in [3.05, 3.63) is 59.5 Å². The van der Waals surface area contributed by atoms with Crippen LogP contribution in [0.25, 0.3) is 11.1 Å². The van der Waals surface area contributed by atoms with Crippen LogP contribution in [0.5, 0.6) is 5.75 Å². The zero-order valence-electron chi connectivity index (χ0n) is 12.0. The van der Waals surface area contributed by atoms with Crippen molar-refractivity contribution >= 4 is 11.1 Å². The van der Waals surface area contributed by atoms with Crippen molar-refractivity contribution in [2.45, 2.75) is 26.5 Å². The number of oxazole rings is 1. The molecule has 0 unspecified atom stereocenters. The number of ether oxygens (including phenoxy) is 1. The predicted octanol–water partition coefficient (Wildman–Crippen LogP) is 3.43. The molecule has 0 radical (unpaired) electrons. The molecule has 0 atom stereocenters. The van der Waals surface area contributed by atoms with Crippen LogP contribution in [0.4, 0.5) is 0 Å². The lowest BCUT2D eigenvalue weighted by molar-refractivity contribution is 0.267. The summed E-state index contributed by atoms with van der Waals surface area (Å²) in [4.78, 5) is 4.42. The summed E-state index contributed by atoms with van der Waals surface area (Å²) in [6.07, 6.45) is 1.02. The summed E-state index contributed by atoms with van der Waals surface area (Å²) >= 11 is 0. The quantitative estimate of drug-likeness (QED) is 0.778. The van der Waals surface area contributed by atoms with Crippen molar-refractivity contribution in [1.82, 2.24) is 4.98 Å². The van der Waals surface area contributed by atoms with E-state index >= 15 is 0 Å². The normalized spacial score (nSPS) is 11.0. The first-order valence-electron chi connectivity index (χ1n) is 7.08. The highest BCUT2D eigenvalue weighted by Gasteiger charge is 2.07. The molecule has 0 saturated heterocycles. The van der Waals surface area contributed by atoms with Crippen molar-refractivity contribution in [2.75, 3.05) is 0 Å². The van der Waals surface area contributed by atoms with Crippen LogP contribution >= 0.6 is 0 Å². The molecule has 1 aromatic heterocycles. The maximum Gasteiger partial charge on any atom is 0.233 e. The van der Waals surface area contributed by atoms with Gasteiger partial charge in [0.2, 0.25) is 5.89 Å². The van der Waals surface area contributed by atoms with Crippen LogP contribution in [-0.2, 0) is 19.6 Å². The van der Waals surface area contributed by atoms with Crippen LogP contribution in [0.1, 0.15) is 23.9 Å². The van der Waals surface area contributed by atoms with E-state index in [0.29, 0.717) is 19.0 Å². The van der Waals surface area contributed by atoms with Gasteiger partial charge in [-0.1, -0.05) is 25.1 Å². The molecule has 0 fully saturated rings. The first-order chi connectivity index (χ1) is 10.3. The van der Waals surface area contributed by atoms with Crippen molar-refractivity contribution in [3.63, 3.8) is 0 Å². The van der Waals surface area contributed by atoms with Gasteiger partial charge in [0.15, 0.2) is 12.2 Å². The van der Waals surface area contributed by atoms with Crippen LogP contribution in [0, 0.1) is 0 Å². The average Bonchev–Trinajstić information content (AvgIpc) is 2.95. The Labute approximate surface area is 123 Å². The highest BCUT2D eigenvalue weighted by molar-refractivity contribution is 5.73. The third-order valence-electron chi connectivity index (χ3n) is 3.43. The SMILES string of the molecule is CCc1ccc(OCc2nc3cc(CN)ccc3o2)cc1. The summed E-state index contributed by atoms with van der Waals surface area (Å²) in [6, 6.07) is 13.8. The summed E-state index contributed by atoms with van der Waals surface area (Å²) in [7, 11) is 0. The Morgan fingerprint density at radius 2 is 1.86 bits per heavy atom. The zero-order chi connectivity index (χ0) is 14.7. The fourth-order valence-electron chi connectivity index (χ4n) is 2.18. The molecule has 3 aromatic rings. The molecule has 4 nitrogen and oxygen atoms in total. The van der Waals surface area contributed by atoms with Gasteiger partial charge in [-0.2, -0.15) is 0 Å². The second-order valence-corrected chi connectivity index (χ2v) is 4.90. The molecule has 0 amide bonds. The van der Waals surface area contributed by atoms with Gasteiger partial charge in [0.25, 0.3) is 0 Å². The lowest BCUT2D eigenvalue weighted by Crippen LogP contribution is -1.96. The Morgan fingerprint density at radius 3 is 2.57 bits per heavy atom. The van der Waals surface area contributed by atoms with Gasteiger partial charge in [0, 0.05) is 6.54 Å². The molecule has 2 N–H and O–H groups in total. The number of benzene rings is 2. The maximum atomic E-state index is 5.70. The minimum absolute atomic E-state index is 0.318. The van der Waals surface area contributed by atoms with Crippen molar-refractivity contribution < 1.29 is 9.15 Å². The van der Waals surface area contributed by atoms with Crippen LogP contribution < -0.4 is 10.5 Å². The maximum absolute atomic E-state index is 5.70. The molecule has 0 aliphatic rings. The molecule has 0 aliphatic heterocycles. The second kappa shape index (κ2) is 5.97. The Kier molecular flexibility index (Phi) is 3.88. The Hall–Kier alpha value is -2.33. The van der Waals surface area contributed by atoms with E-state index in [2.05, 4.69) is 24.0 Å². The van der Waals surface area contributed by atoms with E-state index in [1.807, 2.05) is 30.3 Å². The lowest BCUT2D eigenvalue weighted by Gasteiger charge is -2.04. The molecule has 21 heavy (non-hydrogen) atoms. The Balaban J connectivity index is 1.72. The first kappa shape index (κ1) is 13.6. The number of rotatable bonds is 5. The number of fused-ring (bicyclic) bond motifs is 1. The fourth-order valence-corrected chi connectivity index (χ4v) is 2.18. The van der Waals surface area contributed by atoms with Crippen LogP contribution in [-0.4, -0.2) is 4.98 Å². The molecule has 0 spiro atoms. The van der Waals surface area contributed by atoms with Gasteiger partial charge in [-0.15, -0.1) is 0 Å². The van der Waals surface area contributed by atoms with Crippen LogP contribution in [0.2, 0.25) is 0 Å². The number of hydrogen-bond acceptors (Lipinski definition) is 4. The Bertz CT molecular complexity index is 732. The van der Waals surface area contributed by atoms with Crippen molar-refractivity contribution in [3.8, 4) is 5.75 Å². The van der Waals surface area contributed by atoms with Crippen LogP contribution in [0.15, 0.2) is 46.9 Å². The minimum Gasteiger partial charge on any atom is -0.484 e. The molecule has 2 aromatic carbocycles. The highest BCUT2D eigenvalue weighted by Crippen LogP contribution is 2.19. The highest BCUT2D eigenvalue weighted by atomic mass is 16.5. The number of nitrogens with zero attached hydrogens (tertiary/aromatic N) is 1. The summed E-state index contributed by atoms with van der Waals surface area (Å²) in [5, 5.41) is 0. The van der Waals surface area contributed by atoms with Gasteiger partial charge < -0.3 is 14.9 Å². The number of nitrogens with two attached hydrogens (primary N) is 1. The average molecular weight is 282 g/mol. The molecular weight excluding hydrogens is 264 g/mol. The third-order valence-corrected chi connectivity index (χ3v) is 3.43. The number of aryl methyl sites for hydroxylation is 1. The zero-order valence-corrected chi connectivity index (χ0v) is 12.0. The smallest absolute Gasteiger partial charge is 0.233 e. The monoisotopic (exact) mass is 282 g/mol. The van der Waals surface area contributed by atoms with E-state index in [1.54, 1.807) is 0 Å². The van der Waals surface area contributed by atoms with Gasteiger partial charge >= 0.3 is 0 Å². The molecule has 0 saturated carbocycles. The summed E-state index contributed by atoms with van der Waals surface area (Å²) in [5.41, 5.74) is 9.53. The summed E-state index contributed by atoms with van der Waals surface area (Å²) in [5.74, 6) is 1.39. The second-order valence-electron chi connectivity index (χ2n) is 4.90. The van der Waals surface area contributed by atoms with Gasteiger partial charge in [-0.05, 0) is 41.8 Å². The van der Waals surface area contributed by atoms with Crippen molar-refractivity contribution in [2.24, 2.45) is 5.73 Å². The Morgan fingerprint density at radius 1 is 1.10 bits per heavy atom. The van der Waals surface area contributed by atoms with E-state index in [0.717, 1.165) is 28.8 Å². The minimum atomic E-state index is 0.318. The van der Waals surface area contributed by atoms with E-state index in [9.17, 15) is 0 Å². The number of hydrogen-bond donors (Lipinski definition) is 1. The fraction of sp³-hybridized carbons (Fsp3) is 0.235. The summed E-state index contributed by atoms with van der Waals surface area (Å²) < 4.78 is 11.4.